The molecule has 1 aliphatic rings. The quantitative estimate of drug-likeness (QED) is 0.485. The Bertz CT molecular complexity index is 322. The average Bonchev–Trinajstić information content (AvgIpc) is 2.80. The van der Waals surface area contributed by atoms with Gasteiger partial charge in [-0.05, 0) is 6.07 Å². The summed E-state index contributed by atoms with van der Waals surface area (Å²) in [6, 6.07) is 1.63. The van der Waals surface area contributed by atoms with Crippen LogP contribution in [0.25, 0.3) is 0 Å². The largest absolute Gasteiger partial charge is 0.465 e. The van der Waals surface area contributed by atoms with E-state index in [0.717, 1.165) is 11.5 Å². The van der Waals surface area contributed by atoms with Gasteiger partial charge in [-0.15, -0.1) is 0 Å². The molecule has 0 spiro atoms. The van der Waals surface area contributed by atoms with Crippen LogP contribution in [-0.4, -0.2) is 18.1 Å². The third-order valence-electron chi connectivity index (χ3n) is 1.54. The number of esters is 1. The number of rotatable bonds is 1. The minimum atomic E-state index is -0.325. The van der Waals surface area contributed by atoms with E-state index in [2.05, 4.69) is 15.0 Å². The van der Waals surface area contributed by atoms with E-state index in [9.17, 15) is 4.79 Å². The number of ether oxygens (including phenoxy) is 1. The lowest BCUT2D eigenvalue weighted by Crippen LogP contribution is -1.99. The number of fused-ring (bicyclic) bond motifs is 1. The van der Waals surface area contributed by atoms with E-state index in [4.69, 9.17) is 0 Å². The van der Waals surface area contributed by atoms with Crippen molar-refractivity contribution in [2.75, 3.05) is 12.4 Å². The molecule has 1 N–H and O–H groups in total. The number of aromatic nitrogens is 1. The van der Waals surface area contributed by atoms with Crippen molar-refractivity contribution in [2.24, 2.45) is 0 Å². The Kier molecular flexibility index (Phi) is 1.09. The first-order chi connectivity index (χ1) is 5.33. The lowest BCUT2D eigenvalue weighted by molar-refractivity contribution is 0.0602. The summed E-state index contributed by atoms with van der Waals surface area (Å²) in [7, 11) is 1.36. The molecule has 0 bridgehead atoms. The molecule has 1 aromatic heterocycles. The zero-order valence-corrected chi connectivity index (χ0v) is 5.92. The van der Waals surface area contributed by atoms with E-state index in [1.54, 1.807) is 12.3 Å². The molecule has 0 radical (unpaired) electrons. The lowest BCUT2D eigenvalue weighted by atomic mass is 10.3. The summed E-state index contributed by atoms with van der Waals surface area (Å²) in [6.45, 7) is 0. The highest BCUT2D eigenvalue weighted by molar-refractivity contribution is 6.05. The van der Waals surface area contributed by atoms with Gasteiger partial charge in [-0.3, -0.25) is 0 Å². The Hall–Kier alpha value is -1.58. The molecule has 0 amide bonds. The number of nitrogens with zero attached hydrogens (tertiary/aromatic N) is 1. The molecule has 11 heavy (non-hydrogen) atoms. The fourth-order valence-corrected chi connectivity index (χ4v) is 0.929. The van der Waals surface area contributed by atoms with Gasteiger partial charge in [0.05, 0.1) is 18.4 Å². The maximum Gasteiger partial charge on any atom is 0.340 e. The van der Waals surface area contributed by atoms with E-state index in [-0.39, 0.29) is 5.97 Å². The summed E-state index contributed by atoms with van der Waals surface area (Å²) in [5.41, 5.74) is 1.34. The van der Waals surface area contributed by atoms with E-state index >= 15 is 0 Å². The number of hydrogen-bond acceptors (Lipinski definition) is 4. The molecule has 0 aliphatic carbocycles. The Balaban J connectivity index is 2.41. The third kappa shape index (κ3) is 0.832. The maximum atomic E-state index is 11.0. The minimum absolute atomic E-state index is 0.325. The van der Waals surface area contributed by atoms with Crippen LogP contribution in [0.5, 0.6) is 0 Å². The van der Waals surface area contributed by atoms with Gasteiger partial charge < -0.3 is 10.1 Å². The second kappa shape index (κ2) is 1.95. The first kappa shape index (κ1) is 6.15. The predicted octanol–water partition coefficient (Wildman–Crippen LogP) is 0.925. The topological polar surface area (TPSA) is 61.1 Å². The highest BCUT2D eigenvalue weighted by Crippen LogP contribution is 2.39. The summed E-state index contributed by atoms with van der Waals surface area (Å²) in [5.74, 6) is 0.446. The third-order valence-corrected chi connectivity index (χ3v) is 1.54. The van der Waals surface area contributed by atoms with Crippen molar-refractivity contribution < 1.29 is 9.53 Å². The standard InChI is InChI=1S/C7H6N2O2/c1-11-7(10)4-2-3-8-6-5(4)9-6/h2-3H,1H3,(H,8,9). The molecule has 4 nitrogen and oxygen atoms in total. The van der Waals surface area contributed by atoms with Gasteiger partial charge in [0.15, 0.2) is 5.82 Å². The van der Waals surface area contributed by atoms with E-state index in [1.807, 2.05) is 0 Å². The number of carbonyl (C=O) groups excluding carboxylic acids is 1. The Morgan fingerprint density at radius 1 is 1.73 bits per heavy atom. The molecule has 0 fully saturated rings. The van der Waals surface area contributed by atoms with Crippen LogP contribution in [0.15, 0.2) is 12.3 Å². The molecule has 56 valence electrons. The van der Waals surface area contributed by atoms with Crippen LogP contribution in [0.2, 0.25) is 0 Å². The molecule has 0 aromatic carbocycles. The molecule has 0 saturated carbocycles. The van der Waals surface area contributed by atoms with E-state index in [1.165, 1.54) is 7.11 Å². The number of nitrogens with one attached hydrogen (secondary N) is 1. The summed E-state index contributed by atoms with van der Waals surface area (Å²) in [4.78, 5) is 14.9. The van der Waals surface area contributed by atoms with Crippen LogP contribution in [0, 0.1) is 0 Å². The number of hydrogen-bond donors (Lipinski definition) is 1. The van der Waals surface area contributed by atoms with E-state index < -0.39 is 0 Å². The lowest BCUT2D eigenvalue weighted by Gasteiger charge is -1.93. The first-order valence-electron chi connectivity index (χ1n) is 3.17. The van der Waals surface area contributed by atoms with Gasteiger partial charge in [0.25, 0.3) is 0 Å². The van der Waals surface area contributed by atoms with Gasteiger partial charge in [0.2, 0.25) is 0 Å². The van der Waals surface area contributed by atoms with Crippen molar-refractivity contribution in [3.8, 4) is 0 Å². The second-order valence-electron chi connectivity index (χ2n) is 2.20. The monoisotopic (exact) mass is 150 g/mol. The fourth-order valence-electron chi connectivity index (χ4n) is 0.929. The van der Waals surface area contributed by atoms with Crippen molar-refractivity contribution in [3.63, 3.8) is 0 Å². The zero-order chi connectivity index (χ0) is 7.84. The molecular formula is C7H6N2O2. The Morgan fingerprint density at radius 3 is 3.27 bits per heavy atom. The summed E-state index contributed by atoms with van der Waals surface area (Å²) < 4.78 is 4.54. The minimum Gasteiger partial charge on any atom is -0.465 e. The summed E-state index contributed by atoms with van der Waals surface area (Å²) >= 11 is 0. The van der Waals surface area contributed by atoms with Crippen molar-refractivity contribution >= 4 is 17.5 Å². The van der Waals surface area contributed by atoms with Gasteiger partial charge in [0.1, 0.15) is 0 Å². The second-order valence-corrected chi connectivity index (χ2v) is 2.20. The number of pyridine rings is 1. The molecule has 0 saturated heterocycles. The molecule has 2 rings (SSSR count). The molecule has 4 heteroatoms. The smallest absolute Gasteiger partial charge is 0.340 e. The molecule has 1 aliphatic heterocycles. The van der Waals surface area contributed by atoms with Gasteiger partial charge in [0, 0.05) is 6.20 Å². The summed E-state index contributed by atoms with van der Waals surface area (Å²) in [6.07, 6.45) is 1.57. The highest BCUT2D eigenvalue weighted by Gasteiger charge is 2.25. The highest BCUT2D eigenvalue weighted by atomic mass is 16.5. The molecule has 2 heterocycles. The molecular weight excluding hydrogens is 144 g/mol. The van der Waals surface area contributed by atoms with Crippen molar-refractivity contribution in [3.05, 3.63) is 17.8 Å². The summed E-state index contributed by atoms with van der Waals surface area (Å²) in [5, 5.41) is 2.86. The number of methoxy groups -OCH3 is 1. The SMILES string of the molecule is COC(=O)c1ccnc2c1N2. The van der Waals surface area contributed by atoms with Crippen LogP contribution in [-0.2, 0) is 4.74 Å². The normalized spacial score (nSPS) is 11.4. The van der Waals surface area contributed by atoms with Crippen LogP contribution >= 0.6 is 0 Å². The van der Waals surface area contributed by atoms with Crippen LogP contribution in [0.1, 0.15) is 10.4 Å². The maximum absolute atomic E-state index is 11.0. The van der Waals surface area contributed by atoms with Crippen molar-refractivity contribution in [1.29, 1.82) is 0 Å². The molecule has 1 aromatic rings. The average molecular weight is 150 g/mol. The fraction of sp³-hybridized carbons (Fsp3) is 0.143. The number of anilines is 2. The predicted molar refractivity (Wildman–Crippen MR) is 38.9 cm³/mol. The van der Waals surface area contributed by atoms with Gasteiger partial charge in [-0.25, -0.2) is 9.78 Å². The van der Waals surface area contributed by atoms with Crippen LogP contribution in [0.4, 0.5) is 11.5 Å². The zero-order valence-electron chi connectivity index (χ0n) is 5.92. The van der Waals surface area contributed by atoms with Crippen molar-refractivity contribution in [1.82, 2.24) is 4.98 Å². The van der Waals surface area contributed by atoms with Crippen LogP contribution < -0.4 is 5.32 Å². The molecule has 0 unspecified atom stereocenters. The van der Waals surface area contributed by atoms with Gasteiger partial charge in [-0.2, -0.15) is 0 Å². The van der Waals surface area contributed by atoms with E-state index in [0.29, 0.717) is 5.56 Å². The molecule has 0 atom stereocenters. The number of carbonyl (C=O) groups is 1. The van der Waals surface area contributed by atoms with Crippen LogP contribution in [0.3, 0.4) is 0 Å². The Labute approximate surface area is 63.2 Å². The first-order valence-corrected chi connectivity index (χ1v) is 3.17. The Morgan fingerprint density at radius 2 is 2.55 bits per heavy atom. The van der Waals surface area contributed by atoms with Crippen molar-refractivity contribution in [2.45, 2.75) is 0 Å². The van der Waals surface area contributed by atoms with Gasteiger partial charge >= 0.3 is 5.97 Å². The van der Waals surface area contributed by atoms with Gasteiger partial charge in [-0.1, -0.05) is 0 Å².